The summed E-state index contributed by atoms with van der Waals surface area (Å²) in [6.07, 6.45) is 2.78. The Balaban J connectivity index is 1.94. The highest BCUT2D eigenvalue weighted by molar-refractivity contribution is 7.99. The van der Waals surface area contributed by atoms with Gasteiger partial charge in [-0.25, -0.2) is 4.68 Å². The maximum absolute atomic E-state index is 12.1. The average Bonchev–Trinajstić information content (AvgIpc) is 2.89. The molecule has 2 aromatic rings. The van der Waals surface area contributed by atoms with Crippen LogP contribution < -0.4 is 11.2 Å². The number of nitrogens with zero attached hydrogens (tertiary/aromatic N) is 3. The van der Waals surface area contributed by atoms with E-state index in [1.54, 1.807) is 0 Å². The summed E-state index contributed by atoms with van der Waals surface area (Å²) in [7, 11) is 0. The van der Waals surface area contributed by atoms with Crippen molar-refractivity contribution in [1.29, 1.82) is 0 Å². The van der Waals surface area contributed by atoms with E-state index in [1.807, 2.05) is 0 Å². The van der Waals surface area contributed by atoms with Gasteiger partial charge in [0.25, 0.3) is 0 Å². The number of carbonyl (C=O) groups is 1. The number of aryl methyl sites for hydroxylation is 1. The molecule has 0 unspecified atom stereocenters. The summed E-state index contributed by atoms with van der Waals surface area (Å²) in [4.78, 5) is 12.1. The zero-order valence-corrected chi connectivity index (χ0v) is 15.9. The van der Waals surface area contributed by atoms with Gasteiger partial charge in [-0.1, -0.05) is 59.9 Å². The molecule has 10 heteroatoms. The van der Waals surface area contributed by atoms with Gasteiger partial charge >= 0.3 is 0 Å². The molecule has 0 atom stereocenters. The maximum Gasteiger partial charge on any atom is 0.234 e. The first kappa shape index (κ1) is 19.2. The topological polar surface area (TPSA) is 85.8 Å². The fourth-order valence-corrected chi connectivity index (χ4v) is 3.12. The normalized spacial score (nSPS) is 10.8. The molecule has 130 valence electrons. The molecule has 2 rings (SSSR count). The molecule has 0 spiro atoms. The van der Waals surface area contributed by atoms with Crippen molar-refractivity contribution >= 4 is 58.2 Å². The van der Waals surface area contributed by atoms with Crippen LogP contribution in [0.1, 0.15) is 25.6 Å². The summed E-state index contributed by atoms with van der Waals surface area (Å²) in [6, 6.07) is 2.98. The van der Waals surface area contributed by atoms with Crippen LogP contribution in [-0.4, -0.2) is 26.5 Å². The fraction of sp³-hybridized carbons (Fsp3) is 0.357. The molecule has 0 bridgehead atoms. The van der Waals surface area contributed by atoms with Gasteiger partial charge in [-0.15, -0.1) is 10.2 Å². The number of halogens is 3. The molecule has 1 aromatic heterocycles. The van der Waals surface area contributed by atoms with Gasteiger partial charge in [-0.05, 0) is 18.6 Å². The minimum absolute atomic E-state index is 0.111. The number of amides is 1. The van der Waals surface area contributed by atoms with Gasteiger partial charge in [-0.2, -0.15) is 0 Å². The molecule has 0 saturated carbocycles. The number of aromatic nitrogens is 3. The molecule has 0 aliphatic carbocycles. The second-order valence-electron chi connectivity index (χ2n) is 4.96. The molecule has 0 saturated heterocycles. The van der Waals surface area contributed by atoms with Crippen molar-refractivity contribution in [2.75, 3.05) is 16.9 Å². The van der Waals surface area contributed by atoms with Crippen molar-refractivity contribution in [2.45, 2.75) is 31.3 Å². The molecule has 1 heterocycles. The molecule has 1 aromatic carbocycles. The summed E-state index contributed by atoms with van der Waals surface area (Å²) in [5.74, 6) is 6.48. The van der Waals surface area contributed by atoms with Crippen LogP contribution in [0, 0.1) is 0 Å². The number of thioether (sulfide) groups is 1. The van der Waals surface area contributed by atoms with E-state index >= 15 is 0 Å². The number of nitrogen functional groups attached to an aromatic ring is 1. The van der Waals surface area contributed by atoms with Crippen molar-refractivity contribution in [3.63, 3.8) is 0 Å². The van der Waals surface area contributed by atoms with Crippen molar-refractivity contribution < 1.29 is 4.79 Å². The average molecular weight is 409 g/mol. The van der Waals surface area contributed by atoms with E-state index < -0.39 is 0 Å². The third-order valence-corrected chi connectivity index (χ3v) is 5.08. The number of nitrogens with two attached hydrogens (primary N) is 1. The molecular weight excluding hydrogens is 393 g/mol. The van der Waals surface area contributed by atoms with Crippen LogP contribution in [-0.2, 0) is 11.2 Å². The van der Waals surface area contributed by atoms with E-state index in [0.29, 0.717) is 31.7 Å². The highest BCUT2D eigenvalue weighted by Crippen LogP contribution is 2.32. The summed E-state index contributed by atoms with van der Waals surface area (Å²) >= 11 is 19.0. The molecule has 0 radical (unpaired) electrons. The van der Waals surface area contributed by atoms with Crippen LogP contribution in [0.5, 0.6) is 0 Å². The zero-order valence-electron chi connectivity index (χ0n) is 12.9. The van der Waals surface area contributed by atoms with Crippen LogP contribution in [0.2, 0.25) is 15.1 Å². The Labute approximate surface area is 159 Å². The first-order chi connectivity index (χ1) is 11.4. The van der Waals surface area contributed by atoms with Crippen LogP contribution in [0.4, 0.5) is 5.69 Å². The number of anilines is 1. The first-order valence-corrected chi connectivity index (χ1v) is 9.30. The van der Waals surface area contributed by atoms with E-state index in [4.69, 9.17) is 40.6 Å². The molecule has 3 N–H and O–H groups in total. The molecule has 0 aliphatic heterocycles. The Hall–Kier alpha value is -1.15. The third kappa shape index (κ3) is 4.92. The standard InChI is InChI=1S/C14H16Cl3N5OS/c1-2-3-4-12-20-21-14(22(12)18)24-7-13(23)19-11-6-9(16)8(15)5-10(11)17/h5-6H,2-4,7,18H2,1H3,(H,19,23). The summed E-state index contributed by atoms with van der Waals surface area (Å²) < 4.78 is 1.42. The van der Waals surface area contributed by atoms with E-state index in [2.05, 4.69) is 22.4 Å². The van der Waals surface area contributed by atoms with Gasteiger partial charge < -0.3 is 11.2 Å². The van der Waals surface area contributed by atoms with E-state index in [1.165, 1.54) is 28.6 Å². The largest absolute Gasteiger partial charge is 0.336 e. The molecule has 1 amide bonds. The highest BCUT2D eigenvalue weighted by Gasteiger charge is 2.13. The van der Waals surface area contributed by atoms with E-state index in [0.717, 1.165) is 19.3 Å². The number of benzene rings is 1. The fourth-order valence-electron chi connectivity index (χ4n) is 1.85. The number of unbranched alkanes of at least 4 members (excludes halogenated alkanes) is 1. The predicted molar refractivity (Wildman–Crippen MR) is 99.6 cm³/mol. The number of hydrogen-bond donors (Lipinski definition) is 2. The number of rotatable bonds is 7. The minimum atomic E-state index is -0.265. The second-order valence-corrected chi connectivity index (χ2v) is 7.12. The molecule has 6 nitrogen and oxygen atoms in total. The van der Waals surface area contributed by atoms with Crippen LogP contribution in [0.15, 0.2) is 17.3 Å². The molecule has 24 heavy (non-hydrogen) atoms. The molecule has 0 aliphatic rings. The van der Waals surface area contributed by atoms with Crippen LogP contribution in [0.25, 0.3) is 0 Å². The van der Waals surface area contributed by atoms with Crippen molar-refractivity contribution in [3.05, 3.63) is 33.0 Å². The number of nitrogens with one attached hydrogen (secondary N) is 1. The Bertz CT molecular complexity index is 737. The van der Waals surface area contributed by atoms with Crippen LogP contribution >= 0.6 is 46.6 Å². The lowest BCUT2D eigenvalue weighted by Crippen LogP contribution is -2.17. The van der Waals surface area contributed by atoms with Crippen molar-refractivity contribution in [3.8, 4) is 0 Å². The van der Waals surface area contributed by atoms with Gasteiger partial charge in [0, 0.05) is 6.42 Å². The highest BCUT2D eigenvalue weighted by atomic mass is 35.5. The van der Waals surface area contributed by atoms with Gasteiger partial charge in [0.15, 0.2) is 5.82 Å². The summed E-state index contributed by atoms with van der Waals surface area (Å²) in [5, 5.41) is 12.1. The summed E-state index contributed by atoms with van der Waals surface area (Å²) in [6.45, 7) is 2.09. The van der Waals surface area contributed by atoms with Gasteiger partial charge in [0.2, 0.25) is 11.1 Å². The quantitative estimate of drug-likeness (QED) is 0.410. The first-order valence-electron chi connectivity index (χ1n) is 7.19. The van der Waals surface area contributed by atoms with Gasteiger partial charge in [-0.3, -0.25) is 4.79 Å². The van der Waals surface area contributed by atoms with Crippen molar-refractivity contribution in [2.24, 2.45) is 0 Å². The maximum atomic E-state index is 12.1. The molecule has 0 fully saturated rings. The van der Waals surface area contributed by atoms with Crippen molar-refractivity contribution in [1.82, 2.24) is 14.9 Å². The Kier molecular flexibility index (Phi) is 7.03. The Morgan fingerprint density at radius 2 is 1.96 bits per heavy atom. The smallest absolute Gasteiger partial charge is 0.234 e. The van der Waals surface area contributed by atoms with E-state index in [-0.39, 0.29) is 11.7 Å². The monoisotopic (exact) mass is 407 g/mol. The second kappa shape index (κ2) is 8.80. The summed E-state index contributed by atoms with van der Waals surface area (Å²) in [5.41, 5.74) is 0.398. The molecular formula is C14H16Cl3N5OS. The third-order valence-electron chi connectivity index (χ3n) is 3.11. The SMILES string of the molecule is CCCCc1nnc(SCC(=O)Nc2cc(Cl)c(Cl)cc2Cl)n1N. The van der Waals surface area contributed by atoms with E-state index in [9.17, 15) is 4.79 Å². The van der Waals surface area contributed by atoms with Gasteiger partial charge in [0.1, 0.15) is 0 Å². The number of carbonyl (C=O) groups excluding carboxylic acids is 1. The minimum Gasteiger partial charge on any atom is -0.336 e. The lowest BCUT2D eigenvalue weighted by Gasteiger charge is -2.08. The lowest BCUT2D eigenvalue weighted by atomic mass is 10.2. The number of hydrogen-bond acceptors (Lipinski definition) is 5. The Morgan fingerprint density at radius 3 is 2.67 bits per heavy atom. The Morgan fingerprint density at radius 1 is 1.25 bits per heavy atom. The van der Waals surface area contributed by atoms with Crippen LogP contribution in [0.3, 0.4) is 0 Å². The van der Waals surface area contributed by atoms with Gasteiger partial charge in [0.05, 0.1) is 26.5 Å². The zero-order chi connectivity index (χ0) is 17.7. The lowest BCUT2D eigenvalue weighted by molar-refractivity contribution is -0.113. The predicted octanol–water partition coefficient (Wildman–Crippen LogP) is 4.03.